The van der Waals surface area contributed by atoms with Crippen molar-refractivity contribution in [1.82, 2.24) is 0 Å². The predicted octanol–water partition coefficient (Wildman–Crippen LogP) is 5.30. The fourth-order valence-corrected chi connectivity index (χ4v) is 1.23. The van der Waals surface area contributed by atoms with Gasteiger partial charge < -0.3 is 0 Å². The van der Waals surface area contributed by atoms with Gasteiger partial charge >= 0.3 is 44.4 Å². The van der Waals surface area contributed by atoms with E-state index in [1.807, 2.05) is 0 Å². The van der Waals surface area contributed by atoms with Gasteiger partial charge in [0.1, 0.15) is 0 Å². The van der Waals surface area contributed by atoms with Crippen LogP contribution >= 0.6 is 0 Å². The molecule has 0 saturated carbocycles. The van der Waals surface area contributed by atoms with Gasteiger partial charge in [-0.1, -0.05) is 0 Å². The quantitative estimate of drug-likeness (QED) is 0.166. The number of rotatable bonds is 9. The highest BCUT2D eigenvalue weighted by atomic mass is 19.4. The summed E-state index contributed by atoms with van der Waals surface area (Å²) in [5, 5.41) is 0. The third-order valence-corrected chi connectivity index (χ3v) is 2.47. The number of hydrogen-bond donors (Lipinski definition) is 0. The first-order valence-corrected chi connectivity index (χ1v) is 7.05. The lowest BCUT2D eigenvalue weighted by Crippen LogP contribution is -2.49. The zero-order chi connectivity index (χ0) is 27.6. The molecule has 0 rings (SSSR count). The molecule has 0 spiro atoms. The Bertz CT molecular complexity index is 491. The molecule has 0 unspecified atom stereocenters. The Balaban J connectivity index is 5.79. The van der Waals surface area contributed by atoms with Crippen LogP contribution in [0.1, 0.15) is 0 Å². The van der Waals surface area contributed by atoms with Crippen LogP contribution in [-0.2, 0) is 29.1 Å². The molecule has 0 aliphatic heterocycles. The summed E-state index contributed by atoms with van der Waals surface area (Å²) in [6.07, 6.45) is -54.5. The average molecular weight is 560 g/mol. The lowest BCUT2D eigenvalue weighted by Gasteiger charge is -2.26. The molecule has 0 bridgehead atoms. The van der Waals surface area contributed by atoms with Gasteiger partial charge in [0.15, 0.2) is 0 Å². The van der Waals surface area contributed by atoms with Gasteiger partial charge in [-0.25, -0.2) is 29.1 Å². The molecule has 0 aromatic carbocycles. The van der Waals surface area contributed by atoms with E-state index in [0.717, 1.165) is 0 Å². The van der Waals surface area contributed by atoms with E-state index in [-0.39, 0.29) is 0 Å². The van der Waals surface area contributed by atoms with Crippen LogP contribution in [0, 0.1) is 0 Å². The summed E-state index contributed by atoms with van der Waals surface area (Å²) >= 11 is 0. The van der Waals surface area contributed by atoms with Gasteiger partial charge in [0.05, 0.1) is 0 Å². The van der Waals surface area contributed by atoms with Crippen molar-refractivity contribution in [3.05, 3.63) is 0 Å². The zero-order valence-electron chi connectivity index (χ0n) is 14.6. The Kier molecular flexibility index (Phi) is 10.2. The highest BCUT2D eigenvalue weighted by molar-refractivity contribution is 6.35. The molecule has 0 N–H and O–H groups in total. The second-order valence-corrected chi connectivity index (χ2v) is 5.26. The summed E-state index contributed by atoms with van der Waals surface area (Å²) < 4.78 is 221. The topological polar surface area (TPSA) is 55.4 Å². The lowest BCUT2D eigenvalue weighted by atomic mass is 10.3. The minimum atomic E-state index is -6.52. The van der Waals surface area contributed by atoms with Gasteiger partial charge in [0.25, 0.3) is 18.3 Å². The van der Waals surface area contributed by atoms with E-state index in [0.29, 0.717) is 0 Å². The SMILES string of the molecule is FC(F)(F)C(OOB(OOC(C(F)(F)F)C(F)(F)F)OOC(C(F)(F)F)C(F)(F)F)C(F)(F)F. The molecule has 0 saturated heterocycles. The molecule has 0 aromatic rings. The van der Waals surface area contributed by atoms with Crippen LogP contribution in [0.15, 0.2) is 0 Å². The van der Waals surface area contributed by atoms with Crippen LogP contribution in [0.25, 0.3) is 0 Å². The predicted molar refractivity (Wildman–Crippen MR) is 60.0 cm³/mol. The van der Waals surface area contributed by atoms with E-state index in [1.54, 1.807) is 0 Å². The van der Waals surface area contributed by atoms with Crippen molar-refractivity contribution in [3.63, 3.8) is 0 Å². The minimum absolute atomic E-state index is 2.56. The summed E-state index contributed by atoms with van der Waals surface area (Å²) in [7, 11) is -4.33. The Morgan fingerprint density at radius 2 is 0.471 bits per heavy atom. The van der Waals surface area contributed by atoms with Gasteiger partial charge in [0, 0.05) is 0 Å². The first kappa shape index (κ1) is 32.6. The van der Waals surface area contributed by atoms with E-state index >= 15 is 0 Å². The molecule has 0 heterocycles. The second-order valence-electron chi connectivity index (χ2n) is 5.26. The Hall–Kier alpha value is -1.44. The molecule has 25 heteroatoms. The van der Waals surface area contributed by atoms with Gasteiger partial charge in [0.2, 0.25) is 0 Å². The van der Waals surface area contributed by atoms with Crippen molar-refractivity contribution in [3.8, 4) is 0 Å². The molecule has 0 aromatic heterocycles. The normalized spacial score (nSPS) is 15.1. The maximum Gasteiger partial charge on any atom is 0.725 e. The first-order valence-electron chi connectivity index (χ1n) is 7.05. The molecule has 34 heavy (non-hydrogen) atoms. The summed E-state index contributed by atoms with van der Waals surface area (Å²) in [6, 6.07) is 0. The number of alkyl halides is 18. The van der Waals surface area contributed by atoms with Crippen molar-refractivity contribution in [2.24, 2.45) is 0 Å². The van der Waals surface area contributed by atoms with Gasteiger partial charge in [-0.05, 0) is 0 Å². The van der Waals surface area contributed by atoms with Crippen molar-refractivity contribution in [1.29, 1.82) is 0 Å². The third-order valence-electron chi connectivity index (χ3n) is 2.47. The highest BCUT2D eigenvalue weighted by Crippen LogP contribution is 2.39. The Morgan fingerprint density at radius 1 is 0.324 bits per heavy atom. The first-order chi connectivity index (χ1) is 14.7. The molecule has 0 aliphatic rings. The number of halogens is 18. The smallest absolute Gasteiger partial charge is 0.228 e. The average Bonchev–Trinajstić information content (AvgIpc) is 2.46. The van der Waals surface area contributed by atoms with E-state index in [1.165, 1.54) is 0 Å². The molecular weight excluding hydrogens is 557 g/mol. The highest BCUT2D eigenvalue weighted by Gasteiger charge is 2.63. The fraction of sp³-hybridized carbons (Fsp3) is 1.00. The molecule has 0 radical (unpaired) electrons. The van der Waals surface area contributed by atoms with Crippen molar-refractivity contribution in [2.45, 2.75) is 55.4 Å². The third kappa shape index (κ3) is 10.9. The van der Waals surface area contributed by atoms with Crippen LogP contribution in [-0.4, -0.2) is 62.7 Å². The van der Waals surface area contributed by atoms with Crippen molar-refractivity contribution < 1.29 is 108 Å². The monoisotopic (exact) mass is 560 g/mol. The summed E-state index contributed by atoms with van der Waals surface area (Å²) in [5.74, 6) is 0. The summed E-state index contributed by atoms with van der Waals surface area (Å²) in [5.41, 5.74) is 0. The van der Waals surface area contributed by atoms with Crippen molar-refractivity contribution in [2.75, 3.05) is 0 Å². The van der Waals surface area contributed by atoms with Gasteiger partial charge in [-0.2, -0.15) is 79.0 Å². The van der Waals surface area contributed by atoms with E-state index in [4.69, 9.17) is 0 Å². The zero-order valence-corrected chi connectivity index (χ0v) is 14.6. The van der Waals surface area contributed by atoms with Gasteiger partial charge in [-0.15, -0.1) is 0 Å². The molecule has 204 valence electrons. The maximum atomic E-state index is 12.3. The van der Waals surface area contributed by atoms with Crippen LogP contribution in [0.4, 0.5) is 79.0 Å². The second kappa shape index (κ2) is 10.7. The molecule has 0 fully saturated rings. The lowest BCUT2D eigenvalue weighted by molar-refractivity contribution is -0.461. The van der Waals surface area contributed by atoms with Crippen LogP contribution < -0.4 is 0 Å². The van der Waals surface area contributed by atoms with E-state index in [9.17, 15) is 79.0 Å². The van der Waals surface area contributed by atoms with Crippen LogP contribution in [0.3, 0.4) is 0 Å². The largest absolute Gasteiger partial charge is 0.725 e. The minimum Gasteiger partial charge on any atom is -0.228 e. The summed E-state index contributed by atoms with van der Waals surface area (Å²) in [6.45, 7) is 0. The van der Waals surface area contributed by atoms with E-state index in [2.05, 4.69) is 29.1 Å². The molecule has 6 nitrogen and oxygen atoms in total. The molecule has 0 aliphatic carbocycles. The Morgan fingerprint density at radius 3 is 0.588 bits per heavy atom. The van der Waals surface area contributed by atoms with Crippen LogP contribution in [0.5, 0.6) is 0 Å². The number of hydrogen-bond acceptors (Lipinski definition) is 6. The molecule has 0 atom stereocenters. The fourth-order valence-electron chi connectivity index (χ4n) is 1.23. The van der Waals surface area contributed by atoms with Gasteiger partial charge in [-0.3, -0.25) is 0 Å². The summed E-state index contributed by atoms with van der Waals surface area (Å²) in [4.78, 5) is 16.1. The standard InChI is InChI=1S/C9H3BF18O6/c11-4(12,13)1(5(14,15)16)29-32-10(33-30-2(6(17,18)19)7(20,21)22)34-31-3(8(23,24)25)9(26,27)28/h1-3H. The maximum absolute atomic E-state index is 12.3. The molecule has 0 amide bonds. The Labute approximate surface area is 172 Å². The molecular formula is C9H3BF18O6. The van der Waals surface area contributed by atoms with Crippen molar-refractivity contribution >= 4 is 7.32 Å². The van der Waals surface area contributed by atoms with E-state index < -0.39 is 62.7 Å². The van der Waals surface area contributed by atoms with Crippen LogP contribution in [0.2, 0.25) is 0 Å².